The minimum atomic E-state index is -3.72. The molecule has 0 bridgehead atoms. The van der Waals surface area contributed by atoms with Crippen LogP contribution in [0.5, 0.6) is 0 Å². The van der Waals surface area contributed by atoms with Crippen molar-refractivity contribution in [1.82, 2.24) is 4.31 Å². The number of nitrogens with zero attached hydrogens (tertiary/aromatic N) is 1. The highest BCUT2D eigenvalue weighted by atomic mass is 32.2. The minimum Gasteiger partial charge on any atom is -0.465 e. The van der Waals surface area contributed by atoms with Crippen molar-refractivity contribution in [2.75, 3.05) is 34.4 Å². The maximum Gasteiger partial charge on any atom is 0.349 e. The molecule has 0 radical (unpaired) electrons. The van der Waals surface area contributed by atoms with Crippen LogP contribution in [0.15, 0.2) is 10.3 Å². The van der Waals surface area contributed by atoms with Gasteiger partial charge in [-0.3, -0.25) is 0 Å². The first-order valence-electron chi connectivity index (χ1n) is 5.48. The molecule has 0 aromatic carbocycles. The van der Waals surface area contributed by atoms with Crippen LogP contribution < -0.4 is 0 Å². The lowest BCUT2D eigenvalue weighted by Crippen LogP contribution is -2.31. The lowest BCUT2D eigenvalue weighted by atomic mass is 10.3. The van der Waals surface area contributed by atoms with Gasteiger partial charge in [-0.05, 0) is 17.9 Å². The van der Waals surface area contributed by atoms with Crippen molar-refractivity contribution in [1.29, 1.82) is 0 Å². The molecular formula is C11H17NO5S2. The molecule has 0 spiro atoms. The van der Waals surface area contributed by atoms with E-state index in [1.54, 1.807) is 12.3 Å². The highest BCUT2D eigenvalue weighted by Crippen LogP contribution is 2.29. The number of methoxy groups -OCH3 is 2. The van der Waals surface area contributed by atoms with Gasteiger partial charge in [-0.25, -0.2) is 13.2 Å². The molecule has 0 saturated carbocycles. The van der Waals surface area contributed by atoms with Gasteiger partial charge in [-0.1, -0.05) is 0 Å². The van der Waals surface area contributed by atoms with E-state index in [2.05, 4.69) is 4.74 Å². The second kappa shape index (κ2) is 6.47. The largest absolute Gasteiger partial charge is 0.465 e. The molecule has 0 N–H and O–H groups in total. The average molecular weight is 307 g/mol. The monoisotopic (exact) mass is 307 g/mol. The lowest BCUT2D eigenvalue weighted by molar-refractivity contribution is 0.0602. The van der Waals surface area contributed by atoms with Crippen LogP contribution in [0.25, 0.3) is 0 Å². The molecule has 0 aliphatic rings. The van der Waals surface area contributed by atoms with Crippen LogP contribution in [-0.4, -0.2) is 53.1 Å². The quantitative estimate of drug-likeness (QED) is 0.736. The molecule has 1 aromatic rings. The predicted molar refractivity (Wildman–Crippen MR) is 72.1 cm³/mol. The normalized spacial score (nSPS) is 11.8. The number of hydrogen-bond acceptors (Lipinski definition) is 6. The van der Waals surface area contributed by atoms with Crippen LogP contribution in [0.4, 0.5) is 0 Å². The van der Waals surface area contributed by atoms with E-state index < -0.39 is 16.0 Å². The van der Waals surface area contributed by atoms with Crippen molar-refractivity contribution in [3.63, 3.8) is 0 Å². The van der Waals surface area contributed by atoms with Gasteiger partial charge >= 0.3 is 5.97 Å². The van der Waals surface area contributed by atoms with Crippen LogP contribution >= 0.6 is 11.3 Å². The number of likely N-dealkylation sites (N-methyl/N-ethyl adjacent to an activating group) is 1. The summed E-state index contributed by atoms with van der Waals surface area (Å²) in [5.41, 5.74) is 0.537. The van der Waals surface area contributed by atoms with E-state index in [4.69, 9.17) is 4.74 Å². The number of esters is 1. The molecule has 0 aliphatic heterocycles. The fraction of sp³-hybridized carbons (Fsp3) is 0.545. The third-order valence-corrected chi connectivity index (χ3v) is 5.82. The zero-order chi connectivity index (χ0) is 14.6. The molecule has 0 fully saturated rings. The first-order valence-corrected chi connectivity index (χ1v) is 7.80. The van der Waals surface area contributed by atoms with Crippen LogP contribution in [0, 0.1) is 6.92 Å². The van der Waals surface area contributed by atoms with Crippen LogP contribution in [0.1, 0.15) is 15.2 Å². The number of carbonyl (C=O) groups is 1. The van der Waals surface area contributed by atoms with E-state index in [1.807, 2.05) is 0 Å². The van der Waals surface area contributed by atoms with Crippen LogP contribution in [0.2, 0.25) is 0 Å². The molecule has 19 heavy (non-hydrogen) atoms. The molecule has 1 aromatic heterocycles. The Kier molecular flexibility index (Phi) is 5.48. The Bertz CT molecular complexity index is 549. The summed E-state index contributed by atoms with van der Waals surface area (Å²) in [7, 11) is 0.450. The van der Waals surface area contributed by atoms with Gasteiger partial charge in [0.25, 0.3) is 0 Å². The van der Waals surface area contributed by atoms with Crippen molar-refractivity contribution in [3.8, 4) is 0 Å². The van der Waals surface area contributed by atoms with Crippen LogP contribution in [0.3, 0.4) is 0 Å². The van der Waals surface area contributed by atoms with E-state index in [1.165, 1.54) is 21.3 Å². The Morgan fingerprint density at radius 2 is 2.05 bits per heavy atom. The Hall–Kier alpha value is -0.960. The fourth-order valence-corrected chi connectivity index (χ4v) is 4.29. The zero-order valence-electron chi connectivity index (χ0n) is 11.3. The number of aryl methyl sites for hydroxylation is 1. The van der Waals surface area contributed by atoms with Crippen molar-refractivity contribution in [2.45, 2.75) is 11.8 Å². The third-order valence-electron chi connectivity index (χ3n) is 2.57. The molecule has 8 heteroatoms. The van der Waals surface area contributed by atoms with E-state index in [9.17, 15) is 13.2 Å². The summed E-state index contributed by atoms with van der Waals surface area (Å²) in [5, 5.41) is 1.63. The van der Waals surface area contributed by atoms with Gasteiger partial charge in [-0.15, -0.1) is 11.3 Å². The second-order valence-electron chi connectivity index (χ2n) is 3.89. The molecule has 0 aliphatic carbocycles. The summed E-state index contributed by atoms with van der Waals surface area (Å²) in [6.45, 7) is 2.15. The molecule has 0 atom stereocenters. The molecule has 0 saturated heterocycles. The van der Waals surface area contributed by atoms with Crippen molar-refractivity contribution in [3.05, 3.63) is 15.8 Å². The Morgan fingerprint density at radius 3 is 2.58 bits per heavy atom. The van der Waals surface area contributed by atoms with Gasteiger partial charge in [0.05, 0.1) is 13.7 Å². The van der Waals surface area contributed by atoms with Crippen molar-refractivity contribution >= 4 is 27.3 Å². The summed E-state index contributed by atoms with van der Waals surface area (Å²) in [5.74, 6) is -0.642. The molecule has 0 amide bonds. The number of rotatable bonds is 6. The predicted octanol–water partition coefficient (Wildman–Crippen LogP) is 1.11. The smallest absolute Gasteiger partial charge is 0.349 e. The first kappa shape index (κ1) is 16.1. The topological polar surface area (TPSA) is 72.9 Å². The number of carbonyl (C=O) groups excluding carboxylic acids is 1. The maximum atomic E-state index is 12.4. The Morgan fingerprint density at radius 1 is 1.42 bits per heavy atom. The number of hydrogen-bond donors (Lipinski definition) is 0. The average Bonchev–Trinajstić information content (AvgIpc) is 2.77. The molecule has 108 valence electrons. The van der Waals surface area contributed by atoms with Gasteiger partial charge in [-0.2, -0.15) is 4.31 Å². The summed E-state index contributed by atoms with van der Waals surface area (Å²) in [6, 6.07) is 0. The van der Waals surface area contributed by atoms with E-state index in [0.29, 0.717) is 5.56 Å². The Labute approximate surface area is 117 Å². The Balaban J connectivity index is 3.21. The number of ether oxygens (including phenoxy) is 2. The van der Waals surface area contributed by atoms with Gasteiger partial charge in [0, 0.05) is 20.7 Å². The number of sulfonamides is 1. The second-order valence-corrected chi connectivity index (χ2v) is 6.75. The molecule has 1 heterocycles. The van der Waals surface area contributed by atoms with Gasteiger partial charge in [0.15, 0.2) is 0 Å². The van der Waals surface area contributed by atoms with Crippen molar-refractivity contribution < 1.29 is 22.7 Å². The van der Waals surface area contributed by atoms with Crippen molar-refractivity contribution in [2.24, 2.45) is 0 Å². The molecule has 0 unspecified atom stereocenters. The number of thiophene rings is 1. The highest BCUT2D eigenvalue weighted by Gasteiger charge is 2.30. The summed E-state index contributed by atoms with van der Waals surface area (Å²) >= 11 is 1.07. The van der Waals surface area contributed by atoms with Gasteiger partial charge in [0.2, 0.25) is 10.0 Å². The first-order chi connectivity index (χ1) is 8.86. The van der Waals surface area contributed by atoms with Crippen LogP contribution in [-0.2, 0) is 19.5 Å². The SMILES string of the molecule is COCCN(C)S(=O)(=O)c1c(C)csc1C(=O)OC. The molecule has 6 nitrogen and oxygen atoms in total. The lowest BCUT2D eigenvalue weighted by Gasteiger charge is -2.17. The third kappa shape index (κ3) is 3.33. The van der Waals surface area contributed by atoms with E-state index in [0.717, 1.165) is 15.6 Å². The van der Waals surface area contributed by atoms with E-state index in [-0.39, 0.29) is 22.9 Å². The van der Waals surface area contributed by atoms with E-state index >= 15 is 0 Å². The molecule has 1 rings (SSSR count). The highest BCUT2D eigenvalue weighted by molar-refractivity contribution is 7.89. The standard InChI is InChI=1S/C11H17NO5S2/c1-8-7-18-9(11(13)17-4)10(8)19(14,15)12(2)5-6-16-3/h7H,5-6H2,1-4H3. The minimum absolute atomic E-state index is 0.0166. The zero-order valence-corrected chi connectivity index (χ0v) is 12.9. The van der Waals surface area contributed by atoms with Gasteiger partial charge in [0.1, 0.15) is 9.77 Å². The summed E-state index contributed by atoms with van der Waals surface area (Å²) in [4.78, 5) is 11.7. The summed E-state index contributed by atoms with van der Waals surface area (Å²) < 4.78 is 35.5. The fourth-order valence-electron chi connectivity index (χ4n) is 1.48. The van der Waals surface area contributed by atoms with Gasteiger partial charge < -0.3 is 9.47 Å². The maximum absolute atomic E-state index is 12.4. The summed E-state index contributed by atoms with van der Waals surface area (Å²) in [6.07, 6.45) is 0. The molecular weight excluding hydrogens is 290 g/mol.